The molecule has 0 aliphatic carbocycles. The maximum Gasteiger partial charge on any atom is 0.306 e. The van der Waals surface area contributed by atoms with E-state index in [1.807, 2.05) is 36.5 Å². The summed E-state index contributed by atoms with van der Waals surface area (Å²) in [7, 11) is 0. The fourth-order valence-corrected chi connectivity index (χ4v) is 6.69. The van der Waals surface area contributed by atoms with E-state index in [1.54, 1.807) is 0 Å². The van der Waals surface area contributed by atoms with Crippen LogP contribution in [0.1, 0.15) is 220 Å². The smallest absolute Gasteiger partial charge is 0.306 e. The molecule has 6 nitrogen and oxygen atoms in total. The Morgan fingerprint density at radius 2 is 0.688 bits per heavy atom. The van der Waals surface area contributed by atoms with Crippen molar-refractivity contribution in [1.29, 1.82) is 0 Å². The van der Waals surface area contributed by atoms with Gasteiger partial charge in [-0.3, -0.25) is 14.4 Å². The fraction of sp³-hybridized carbons (Fsp3) is 0.638. The molecule has 0 aromatic carbocycles. The van der Waals surface area contributed by atoms with Gasteiger partial charge >= 0.3 is 17.9 Å². The number of unbranched alkanes of at least 4 members (excludes halogenated alkanes) is 20. The van der Waals surface area contributed by atoms with Crippen LogP contribution in [0.3, 0.4) is 0 Å². The molecule has 0 heterocycles. The van der Waals surface area contributed by atoms with Crippen molar-refractivity contribution in [1.82, 2.24) is 0 Å². The summed E-state index contributed by atoms with van der Waals surface area (Å²) in [4.78, 5) is 37.9. The van der Waals surface area contributed by atoms with Crippen molar-refractivity contribution >= 4 is 17.9 Å². The number of esters is 3. The van der Waals surface area contributed by atoms with Crippen LogP contribution in [-0.2, 0) is 28.6 Å². The molecule has 0 aliphatic rings. The summed E-state index contributed by atoms with van der Waals surface area (Å²) in [6.07, 6.45) is 69.4. The van der Waals surface area contributed by atoms with E-state index in [2.05, 4.69) is 93.7 Å². The highest BCUT2D eigenvalue weighted by Crippen LogP contribution is 2.12. The standard InChI is InChI=1S/C58H94O6/c1-4-7-10-13-16-19-22-25-27-29-31-33-36-39-42-45-48-51-57(60)63-54-55(53-62-56(59)50-47-44-41-38-35-32-24-21-18-15-12-9-6-3)64-58(61)52-49-46-43-40-37-34-30-28-26-23-20-17-14-11-8-5-2/h9,12,15,18,21,24-25,27-28,30-35,37,39,42,55H,4-8,10-11,13-14,16-17,19-20,22-23,26,29,36,38,40-41,43-54H2,1-3H3/b12-9-,18-15-,24-21-,27-25-,30-28-,33-31-,35-32-,37-34-,42-39-. The van der Waals surface area contributed by atoms with E-state index in [1.165, 1.54) is 89.9 Å². The molecule has 0 aliphatic heterocycles. The van der Waals surface area contributed by atoms with Gasteiger partial charge in [0, 0.05) is 19.3 Å². The first-order valence-corrected chi connectivity index (χ1v) is 26.0. The largest absolute Gasteiger partial charge is 0.462 e. The molecular formula is C58H94O6. The Labute approximate surface area is 393 Å². The minimum Gasteiger partial charge on any atom is -0.462 e. The zero-order chi connectivity index (χ0) is 46.5. The molecule has 6 heteroatoms. The molecule has 0 fully saturated rings. The number of carbonyl (C=O) groups is 3. The van der Waals surface area contributed by atoms with Crippen molar-refractivity contribution in [2.45, 2.75) is 226 Å². The summed E-state index contributed by atoms with van der Waals surface area (Å²) < 4.78 is 16.7. The molecule has 0 saturated heterocycles. The second-order valence-electron chi connectivity index (χ2n) is 16.8. The van der Waals surface area contributed by atoms with E-state index < -0.39 is 6.10 Å². The lowest BCUT2D eigenvalue weighted by Crippen LogP contribution is -2.30. The summed E-state index contributed by atoms with van der Waals surface area (Å²) in [6.45, 7) is 6.37. The van der Waals surface area contributed by atoms with E-state index in [0.717, 1.165) is 77.0 Å². The molecule has 0 aromatic rings. The maximum atomic E-state index is 12.8. The van der Waals surface area contributed by atoms with Crippen LogP contribution >= 0.6 is 0 Å². The Morgan fingerprint density at radius 1 is 0.344 bits per heavy atom. The molecule has 362 valence electrons. The zero-order valence-electron chi connectivity index (χ0n) is 41.3. The van der Waals surface area contributed by atoms with Gasteiger partial charge in [-0.2, -0.15) is 0 Å². The van der Waals surface area contributed by atoms with Crippen molar-refractivity contribution in [3.05, 3.63) is 109 Å². The van der Waals surface area contributed by atoms with Gasteiger partial charge < -0.3 is 14.2 Å². The highest BCUT2D eigenvalue weighted by molar-refractivity contribution is 5.71. The van der Waals surface area contributed by atoms with Crippen LogP contribution in [0.5, 0.6) is 0 Å². The second-order valence-corrected chi connectivity index (χ2v) is 16.8. The van der Waals surface area contributed by atoms with Crippen molar-refractivity contribution in [3.63, 3.8) is 0 Å². The molecule has 0 bridgehead atoms. The van der Waals surface area contributed by atoms with Gasteiger partial charge in [0.25, 0.3) is 0 Å². The molecular weight excluding hydrogens is 793 g/mol. The molecule has 0 saturated carbocycles. The minimum atomic E-state index is -0.830. The molecule has 0 aromatic heterocycles. The minimum absolute atomic E-state index is 0.127. The fourth-order valence-electron chi connectivity index (χ4n) is 6.69. The van der Waals surface area contributed by atoms with Crippen LogP contribution in [0.15, 0.2) is 109 Å². The molecule has 0 rings (SSSR count). The normalized spacial score (nSPS) is 13.0. The zero-order valence-corrected chi connectivity index (χ0v) is 41.3. The molecule has 1 unspecified atom stereocenters. The summed E-state index contributed by atoms with van der Waals surface area (Å²) >= 11 is 0. The second kappa shape index (κ2) is 51.7. The highest BCUT2D eigenvalue weighted by atomic mass is 16.6. The van der Waals surface area contributed by atoms with Crippen molar-refractivity contribution in [3.8, 4) is 0 Å². The first kappa shape index (κ1) is 60.1. The van der Waals surface area contributed by atoms with E-state index in [9.17, 15) is 14.4 Å². The number of carbonyl (C=O) groups excluding carboxylic acids is 3. The van der Waals surface area contributed by atoms with E-state index in [-0.39, 0.29) is 44.0 Å². The van der Waals surface area contributed by atoms with E-state index in [4.69, 9.17) is 14.2 Å². The van der Waals surface area contributed by atoms with Gasteiger partial charge in [0.15, 0.2) is 6.10 Å². The summed E-state index contributed by atoms with van der Waals surface area (Å²) in [5, 5.41) is 0. The molecule has 0 radical (unpaired) electrons. The van der Waals surface area contributed by atoms with Crippen LogP contribution < -0.4 is 0 Å². The quantitative estimate of drug-likeness (QED) is 0.0199. The lowest BCUT2D eigenvalue weighted by Gasteiger charge is -2.18. The molecule has 0 amide bonds. The van der Waals surface area contributed by atoms with Crippen LogP contribution in [0.2, 0.25) is 0 Å². The monoisotopic (exact) mass is 887 g/mol. The Balaban J connectivity index is 4.57. The molecule has 0 N–H and O–H groups in total. The van der Waals surface area contributed by atoms with Gasteiger partial charge in [-0.1, -0.05) is 214 Å². The Bertz CT molecular complexity index is 1340. The first-order chi connectivity index (χ1) is 31.5. The Kier molecular flexibility index (Phi) is 48.5. The number of hydrogen-bond acceptors (Lipinski definition) is 6. The summed E-state index contributed by atoms with van der Waals surface area (Å²) in [6, 6.07) is 0. The van der Waals surface area contributed by atoms with Crippen molar-refractivity contribution < 1.29 is 28.6 Å². The Morgan fingerprint density at radius 3 is 1.17 bits per heavy atom. The van der Waals surface area contributed by atoms with E-state index >= 15 is 0 Å². The van der Waals surface area contributed by atoms with Gasteiger partial charge in [0.1, 0.15) is 13.2 Å². The average molecular weight is 887 g/mol. The van der Waals surface area contributed by atoms with Crippen LogP contribution in [-0.4, -0.2) is 37.2 Å². The SMILES string of the molecule is CC\C=C/C=C\C=C/C=C\CCCCCC(=O)OCC(COC(=O)CCC/C=C\C/C=C\C/C=C\CCCCCCCC)OC(=O)CCCCC/C=C\C=C/CCCCCCCCC. The van der Waals surface area contributed by atoms with Crippen LogP contribution in [0.4, 0.5) is 0 Å². The lowest BCUT2D eigenvalue weighted by atomic mass is 10.1. The third kappa shape index (κ3) is 49.1. The first-order valence-electron chi connectivity index (χ1n) is 26.0. The number of hydrogen-bond donors (Lipinski definition) is 0. The molecule has 1 atom stereocenters. The van der Waals surface area contributed by atoms with Gasteiger partial charge in [0.2, 0.25) is 0 Å². The molecule has 0 spiro atoms. The lowest BCUT2D eigenvalue weighted by molar-refractivity contribution is -0.167. The Hall–Kier alpha value is -3.93. The predicted molar refractivity (Wildman–Crippen MR) is 274 cm³/mol. The summed E-state index contributed by atoms with van der Waals surface area (Å²) in [5.41, 5.74) is 0. The van der Waals surface area contributed by atoms with E-state index in [0.29, 0.717) is 19.3 Å². The van der Waals surface area contributed by atoms with Gasteiger partial charge in [-0.15, -0.1) is 0 Å². The number of ether oxygens (including phenoxy) is 3. The van der Waals surface area contributed by atoms with Crippen molar-refractivity contribution in [2.24, 2.45) is 0 Å². The van der Waals surface area contributed by atoms with Crippen molar-refractivity contribution in [2.75, 3.05) is 13.2 Å². The number of allylic oxidation sites excluding steroid dienone is 18. The third-order valence-electron chi connectivity index (χ3n) is 10.6. The average Bonchev–Trinajstić information content (AvgIpc) is 3.29. The summed E-state index contributed by atoms with van der Waals surface area (Å²) in [5.74, 6) is -1.05. The van der Waals surface area contributed by atoms with Crippen LogP contribution in [0, 0.1) is 0 Å². The third-order valence-corrected chi connectivity index (χ3v) is 10.6. The maximum absolute atomic E-state index is 12.8. The van der Waals surface area contributed by atoms with Gasteiger partial charge in [-0.25, -0.2) is 0 Å². The van der Waals surface area contributed by atoms with Gasteiger partial charge in [-0.05, 0) is 96.3 Å². The topological polar surface area (TPSA) is 78.9 Å². The predicted octanol–water partition coefficient (Wildman–Crippen LogP) is 17.1. The van der Waals surface area contributed by atoms with Crippen LogP contribution in [0.25, 0.3) is 0 Å². The molecule has 64 heavy (non-hydrogen) atoms. The number of rotatable bonds is 45. The van der Waals surface area contributed by atoms with Gasteiger partial charge in [0.05, 0.1) is 0 Å². The highest BCUT2D eigenvalue weighted by Gasteiger charge is 2.19.